The zero-order chi connectivity index (χ0) is 29.9. The number of carbonyl (C=O) groups is 1. The molecule has 1 aliphatic heterocycles. The molecule has 42 heavy (non-hydrogen) atoms. The second-order valence-electron chi connectivity index (χ2n) is 10.6. The van der Waals surface area contributed by atoms with E-state index in [-0.39, 0.29) is 36.9 Å². The number of carbonyl (C=O) groups excluding carboxylic acids is 1. The molecule has 1 unspecified atom stereocenters. The minimum atomic E-state index is -4.69. The smallest absolute Gasteiger partial charge is 0.417 e. The molecule has 1 fully saturated rings. The predicted octanol–water partition coefficient (Wildman–Crippen LogP) is 6.36. The summed E-state index contributed by atoms with van der Waals surface area (Å²) in [5.74, 6) is 0.292. The normalized spacial score (nSPS) is 18.0. The van der Waals surface area contributed by atoms with E-state index in [0.717, 1.165) is 16.3 Å². The van der Waals surface area contributed by atoms with Gasteiger partial charge in [0.15, 0.2) is 0 Å². The quantitative estimate of drug-likeness (QED) is 0.183. The Labute approximate surface area is 241 Å². The second-order valence-corrected chi connectivity index (χ2v) is 10.6. The molecular weight excluding hydrogens is 549 g/mol. The summed E-state index contributed by atoms with van der Waals surface area (Å²) >= 11 is 0. The Hall–Kier alpha value is -3.89. The second kappa shape index (κ2) is 12.1. The highest BCUT2D eigenvalue weighted by atomic mass is 19.4. The zero-order valence-corrected chi connectivity index (χ0v) is 23.6. The van der Waals surface area contributed by atoms with E-state index in [1.54, 1.807) is 4.90 Å². The lowest BCUT2D eigenvalue weighted by Crippen LogP contribution is -2.51. The average molecular weight is 583 g/mol. The fourth-order valence-corrected chi connectivity index (χ4v) is 5.40. The molecule has 2 heterocycles. The van der Waals surface area contributed by atoms with E-state index in [2.05, 4.69) is 5.32 Å². The van der Waals surface area contributed by atoms with Crippen molar-refractivity contribution in [2.45, 2.75) is 51.2 Å². The maximum atomic E-state index is 13.7. The molecule has 222 valence electrons. The number of alkyl halides is 3. The molecule has 1 aromatic heterocycles. The van der Waals surface area contributed by atoms with Crippen LogP contribution in [0.2, 0.25) is 0 Å². The van der Waals surface area contributed by atoms with Crippen molar-refractivity contribution in [3.63, 3.8) is 0 Å². The number of benzene rings is 3. The molecule has 0 spiro atoms. The standard InChI is InChI=1S/C32H33F3N2O5/c1-3-8-25-27(14-13-24-26(32(33,34)35)18-28(38)42-29(24)25)41-16-7-6-15-37-20-40-19-36-31(2,30(37)39)23-12-11-21-9-4-5-10-22(21)17-23/h4-5,9-14,17-18,36H,3,6-8,15-16,19-20H2,1-2H3. The number of halogens is 3. The first-order chi connectivity index (χ1) is 20.1. The summed E-state index contributed by atoms with van der Waals surface area (Å²) in [6, 6.07) is 17.2. The van der Waals surface area contributed by atoms with Gasteiger partial charge < -0.3 is 18.8 Å². The molecule has 5 rings (SSSR count). The summed E-state index contributed by atoms with van der Waals surface area (Å²) in [5, 5.41) is 5.23. The minimum Gasteiger partial charge on any atom is -0.493 e. The van der Waals surface area contributed by atoms with Crippen molar-refractivity contribution >= 4 is 27.6 Å². The topological polar surface area (TPSA) is 81.0 Å². The monoisotopic (exact) mass is 582 g/mol. The molecule has 10 heteroatoms. The summed E-state index contributed by atoms with van der Waals surface area (Å²) in [4.78, 5) is 27.3. The van der Waals surface area contributed by atoms with Crippen LogP contribution in [0.15, 0.2) is 69.9 Å². The van der Waals surface area contributed by atoms with Crippen LogP contribution >= 0.6 is 0 Å². The highest BCUT2D eigenvalue weighted by Crippen LogP contribution is 2.37. The lowest BCUT2D eigenvalue weighted by molar-refractivity contribution is -0.139. The van der Waals surface area contributed by atoms with Gasteiger partial charge in [-0.05, 0) is 60.7 Å². The van der Waals surface area contributed by atoms with E-state index in [9.17, 15) is 22.8 Å². The number of aryl methyl sites for hydroxylation is 1. The van der Waals surface area contributed by atoms with Gasteiger partial charge in [-0.1, -0.05) is 49.7 Å². The lowest BCUT2D eigenvalue weighted by Gasteiger charge is -2.32. The van der Waals surface area contributed by atoms with Crippen LogP contribution in [-0.2, 0) is 27.7 Å². The molecule has 0 bridgehead atoms. The van der Waals surface area contributed by atoms with Gasteiger partial charge in [-0.25, -0.2) is 4.79 Å². The number of unbranched alkanes of at least 4 members (excludes halogenated alkanes) is 1. The van der Waals surface area contributed by atoms with Crippen molar-refractivity contribution in [2.24, 2.45) is 0 Å². The van der Waals surface area contributed by atoms with Gasteiger partial charge >= 0.3 is 11.8 Å². The Morgan fingerprint density at radius 2 is 1.81 bits per heavy atom. The number of amides is 1. The third-order valence-corrected chi connectivity index (χ3v) is 7.67. The molecule has 1 N–H and O–H groups in total. The molecule has 7 nitrogen and oxygen atoms in total. The molecule has 0 aliphatic carbocycles. The molecule has 0 radical (unpaired) electrons. The van der Waals surface area contributed by atoms with Crippen LogP contribution in [0.5, 0.6) is 5.75 Å². The first kappa shape index (κ1) is 29.6. The fraction of sp³-hybridized carbons (Fsp3) is 0.375. The highest BCUT2D eigenvalue weighted by molar-refractivity contribution is 5.90. The third-order valence-electron chi connectivity index (χ3n) is 7.67. The van der Waals surface area contributed by atoms with E-state index in [1.165, 1.54) is 12.1 Å². The van der Waals surface area contributed by atoms with Crippen molar-refractivity contribution < 1.29 is 31.9 Å². The van der Waals surface area contributed by atoms with Crippen molar-refractivity contribution in [3.05, 3.63) is 87.8 Å². The van der Waals surface area contributed by atoms with Crippen LogP contribution in [0.4, 0.5) is 13.2 Å². The minimum absolute atomic E-state index is 0.0912. The molecule has 3 aromatic carbocycles. The van der Waals surface area contributed by atoms with Crippen LogP contribution in [0.3, 0.4) is 0 Å². The zero-order valence-electron chi connectivity index (χ0n) is 23.6. The summed E-state index contributed by atoms with van der Waals surface area (Å²) in [7, 11) is 0. The number of hydrogen-bond donors (Lipinski definition) is 1. The molecule has 4 aromatic rings. The van der Waals surface area contributed by atoms with Crippen molar-refractivity contribution in [2.75, 3.05) is 26.6 Å². The number of nitrogens with zero attached hydrogens (tertiary/aromatic N) is 1. The lowest BCUT2D eigenvalue weighted by atomic mass is 9.89. The van der Waals surface area contributed by atoms with Gasteiger partial charge in [-0.3, -0.25) is 10.1 Å². The Bertz CT molecular complexity index is 1650. The van der Waals surface area contributed by atoms with Crippen LogP contribution < -0.4 is 15.7 Å². The SMILES string of the molecule is CCCc1c(OCCCCN2COCNC(C)(c3ccc4ccccc4c3)C2=O)ccc2c(C(F)(F)F)cc(=O)oc12. The molecule has 1 amide bonds. The van der Waals surface area contributed by atoms with Crippen LogP contribution in [0.1, 0.15) is 49.8 Å². The van der Waals surface area contributed by atoms with E-state index in [1.807, 2.05) is 56.3 Å². The number of hydrogen-bond acceptors (Lipinski definition) is 6. The van der Waals surface area contributed by atoms with Crippen LogP contribution in [-0.4, -0.2) is 37.4 Å². The Balaban J connectivity index is 1.26. The number of fused-ring (bicyclic) bond motifs is 2. The van der Waals surface area contributed by atoms with Gasteiger partial charge in [0.05, 0.1) is 18.9 Å². The first-order valence-electron chi connectivity index (χ1n) is 14.0. The number of nitrogens with one attached hydrogen (secondary N) is 1. The van der Waals surface area contributed by atoms with Gasteiger partial charge in [0.2, 0.25) is 5.91 Å². The van der Waals surface area contributed by atoms with Crippen LogP contribution in [0, 0.1) is 0 Å². The van der Waals surface area contributed by atoms with Crippen molar-refractivity contribution in [1.29, 1.82) is 0 Å². The summed E-state index contributed by atoms with van der Waals surface area (Å²) in [5.41, 5.74) is -1.85. The maximum Gasteiger partial charge on any atom is 0.417 e. The molecule has 0 saturated carbocycles. The molecule has 1 atom stereocenters. The van der Waals surface area contributed by atoms with Gasteiger partial charge in [-0.2, -0.15) is 13.2 Å². The fourth-order valence-electron chi connectivity index (χ4n) is 5.40. The van der Waals surface area contributed by atoms with Gasteiger partial charge in [0.1, 0.15) is 23.6 Å². The summed E-state index contributed by atoms with van der Waals surface area (Å²) in [6.07, 6.45) is -2.48. The van der Waals surface area contributed by atoms with Crippen LogP contribution in [0.25, 0.3) is 21.7 Å². The largest absolute Gasteiger partial charge is 0.493 e. The Kier molecular flexibility index (Phi) is 8.56. The highest BCUT2D eigenvalue weighted by Gasteiger charge is 2.40. The van der Waals surface area contributed by atoms with Gasteiger partial charge in [-0.15, -0.1) is 0 Å². The number of ether oxygens (including phenoxy) is 2. The van der Waals surface area contributed by atoms with E-state index < -0.39 is 22.9 Å². The summed E-state index contributed by atoms with van der Waals surface area (Å²) < 4.78 is 57.6. The maximum absolute atomic E-state index is 13.7. The number of rotatable bonds is 9. The molecule has 1 saturated heterocycles. The molecular formula is C32H33F3N2O5. The van der Waals surface area contributed by atoms with Crippen molar-refractivity contribution in [3.8, 4) is 5.75 Å². The Morgan fingerprint density at radius 1 is 1.02 bits per heavy atom. The van der Waals surface area contributed by atoms with Gasteiger partial charge in [0.25, 0.3) is 0 Å². The van der Waals surface area contributed by atoms with Gasteiger partial charge in [0, 0.05) is 23.6 Å². The first-order valence-corrected chi connectivity index (χ1v) is 14.0. The van der Waals surface area contributed by atoms with E-state index >= 15 is 0 Å². The van der Waals surface area contributed by atoms with E-state index in [4.69, 9.17) is 13.9 Å². The predicted molar refractivity (Wildman–Crippen MR) is 153 cm³/mol. The van der Waals surface area contributed by atoms with E-state index in [0.29, 0.717) is 49.6 Å². The summed E-state index contributed by atoms with van der Waals surface area (Å²) in [6.45, 7) is 4.84. The Morgan fingerprint density at radius 3 is 2.57 bits per heavy atom. The third kappa shape index (κ3) is 6.00. The molecule has 1 aliphatic rings. The van der Waals surface area contributed by atoms with Crippen molar-refractivity contribution in [1.82, 2.24) is 10.2 Å². The average Bonchev–Trinajstić information content (AvgIpc) is 3.11.